The molecule has 0 aromatic carbocycles. The van der Waals surface area contributed by atoms with Crippen LogP contribution in [0.5, 0.6) is 0 Å². The minimum absolute atomic E-state index is 0.00418. The molecule has 0 aliphatic carbocycles. The van der Waals surface area contributed by atoms with Crippen LogP contribution >= 0.6 is 0 Å². The number of fused-ring (bicyclic) bond motifs is 1. The Balaban J connectivity index is 1.80. The number of morpholine rings is 1. The van der Waals surface area contributed by atoms with Gasteiger partial charge in [0, 0.05) is 38.1 Å². The van der Waals surface area contributed by atoms with E-state index in [-0.39, 0.29) is 63.6 Å². The Kier molecular flexibility index (Phi) is 7.10. The molecule has 1 aromatic rings. The quantitative estimate of drug-likeness (QED) is 0.663. The predicted molar refractivity (Wildman–Crippen MR) is 110 cm³/mol. The summed E-state index contributed by atoms with van der Waals surface area (Å²) in [6, 6.07) is -0.871. The molecule has 0 bridgehead atoms. The SMILES string of the molecule is C[C@H]1CN(C[C@H](CC(=O)N2CCn3c(nnc3C(F)(F)F)C2)N(C(=O)O)C(C)(C)C)C(=O)CO1. The van der Waals surface area contributed by atoms with Crippen molar-refractivity contribution in [3.05, 3.63) is 11.6 Å². The Bertz CT molecular complexity index is 944. The second kappa shape index (κ2) is 9.39. The van der Waals surface area contributed by atoms with E-state index in [9.17, 15) is 32.7 Å². The summed E-state index contributed by atoms with van der Waals surface area (Å²) in [7, 11) is 0. The summed E-state index contributed by atoms with van der Waals surface area (Å²) in [5.41, 5.74) is -0.874. The van der Waals surface area contributed by atoms with Crippen LogP contribution in [0.2, 0.25) is 0 Å². The highest BCUT2D eigenvalue weighted by atomic mass is 19.4. The Morgan fingerprint density at radius 2 is 1.91 bits per heavy atom. The topological polar surface area (TPSA) is 121 Å². The van der Waals surface area contributed by atoms with Gasteiger partial charge in [-0.25, -0.2) is 4.79 Å². The fourth-order valence-electron chi connectivity index (χ4n) is 4.34. The monoisotopic (exact) mass is 490 g/mol. The van der Waals surface area contributed by atoms with E-state index in [2.05, 4.69) is 10.2 Å². The fraction of sp³-hybridized carbons (Fsp3) is 0.750. The van der Waals surface area contributed by atoms with Gasteiger partial charge in [-0.05, 0) is 27.7 Å². The number of rotatable bonds is 5. The number of carbonyl (C=O) groups excluding carboxylic acids is 2. The van der Waals surface area contributed by atoms with Crippen molar-refractivity contribution < 1.29 is 37.4 Å². The third kappa shape index (κ3) is 5.59. The first kappa shape index (κ1) is 25.7. The predicted octanol–water partition coefficient (Wildman–Crippen LogP) is 1.42. The standard InChI is InChI=1S/C20H29F3N6O5/c1-12-8-27(16(31)11-34-12)9-13(29(18(32)33)19(2,3)4)7-15(30)26-5-6-28-14(10-26)24-25-17(28)20(21,22)23/h12-13H,5-11H2,1-4H3,(H,32,33)/t12-,13-/m0/s1. The highest BCUT2D eigenvalue weighted by Gasteiger charge is 2.41. The first-order chi connectivity index (χ1) is 15.7. The number of amides is 3. The van der Waals surface area contributed by atoms with Crippen molar-refractivity contribution in [1.29, 1.82) is 0 Å². The maximum atomic E-state index is 13.2. The van der Waals surface area contributed by atoms with Crippen LogP contribution in [0.15, 0.2) is 0 Å². The zero-order chi connectivity index (χ0) is 25.4. The Hall–Kier alpha value is -2.90. The molecule has 0 spiro atoms. The number of ether oxygens (including phenoxy) is 1. The molecule has 1 N–H and O–H groups in total. The third-order valence-corrected chi connectivity index (χ3v) is 5.82. The maximum Gasteiger partial charge on any atom is 0.451 e. The van der Waals surface area contributed by atoms with E-state index in [0.717, 1.165) is 9.47 Å². The lowest BCUT2D eigenvalue weighted by atomic mass is 10.00. The molecule has 3 heterocycles. The van der Waals surface area contributed by atoms with E-state index in [1.165, 1.54) is 9.80 Å². The number of halogens is 3. The number of hydrogen-bond acceptors (Lipinski definition) is 6. The number of hydrogen-bond donors (Lipinski definition) is 1. The lowest BCUT2D eigenvalue weighted by Gasteiger charge is -2.43. The maximum absolute atomic E-state index is 13.2. The normalized spacial score (nSPS) is 20.2. The summed E-state index contributed by atoms with van der Waals surface area (Å²) < 4.78 is 45.5. The molecule has 2 aliphatic heterocycles. The van der Waals surface area contributed by atoms with Crippen molar-refractivity contribution >= 4 is 17.9 Å². The Morgan fingerprint density at radius 3 is 2.50 bits per heavy atom. The average Bonchev–Trinajstić information content (AvgIpc) is 3.13. The summed E-state index contributed by atoms with van der Waals surface area (Å²) in [6.07, 6.45) is -6.38. The molecular formula is C20H29F3N6O5. The molecule has 1 aromatic heterocycles. The molecule has 3 amide bonds. The van der Waals surface area contributed by atoms with E-state index in [1.807, 2.05) is 0 Å². The van der Waals surface area contributed by atoms with Crippen molar-refractivity contribution in [3.8, 4) is 0 Å². The Labute approximate surface area is 194 Å². The average molecular weight is 490 g/mol. The van der Waals surface area contributed by atoms with Crippen LogP contribution in [0.25, 0.3) is 0 Å². The van der Waals surface area contributed by atoms with E-state index in [0.29, 0.717) is 0 Å². The second-order valence-corrected chi connectivity index (χ2v) is 9.51. The molecule has 2 atom stereocenters. The smallest absolute Gasteiger partial charge is 0.451 e. The zero-order valence-corrected chi connectivity index (χ0v) is 19.5. The lowest BCUT2D eigenvalue weighted by Crippen LogP contribution is -2.58. The molecule has 0 saturated carbocycles. The van der Waals surface area contributed by atoms with Gasteiger partial charge in [-0.3, -0.25) is 14.5 Å². The molecule has 3 rings (SSSR count). The van der Waals surface area contributed by atoms with Crippen LogP contribution in [0.3, 0.4) is 0 Å². The number of carbonyl (C=O) groups is 3. The van der Waals surface area contributed by atoms with E-state index < -0.39 is 35.6 Å². The van der Waals surface area contributed by atoms with Crippen LogP contribution in [-0.4, -0.2) is 96.4 Å². The van der Waals surface area contributed by atoms with Gasteiger partial charge in [0.2, 0.25) is 17.6 Å². The van der Waals surface area contributed by atoms with Crippen molar-refractivity contribution in [2.24, 2.45) is 0 Å². The van der Waals surface area contributed by atoms with Crippen LogP contribution in [-0.2, 0) is 33.6 Å². The Morgan fingerprint density at radius 1 is 1.24 bits per heavy atom. The van der Waals surface area contributed by atoms with Crippen LogP contribution in [0, 0.1) is 0 Å². The van der Waals surface area contributed by atoms with Gasteiger partial charge in [0.05, 0.1) is 18.7 Å². The molecule has 1 fully saturated rings. The molecule has 2 aliphatic rings. The van der Waals surface area contributed by atoms with Gasteiger partial charge in [0.1, 0.15) is 6.61 Å². The summed E-state index contributed by atoms with van der Waals surface area (Å²) in [5, 5.41) is 16.7. The first-order valence-electron chi connectivity index (χ1n) is 10.9. The highest BCUT2D eigenvalue weighted by Crippen LogP contribution is 2.30. The minimum Gasteiger partial charge on any atom is -0.465 e. The molecule has 11 nitrogen and oxygen atoms in total. The van der Waals surface area contributed by atoms with E-state index in [4.69, 9.17) is 4.74 Å². The molecule has 0 radical (unpaired) electrons. The third-order valence-electron chi connectivity index (χ3n) is 5.82. The summed E-state index contributed by atoms with van der Waals surface area (Å²) in [6.45, 7) is 6.65. The van der Waals surface area contributed by atoms with Gasteiger partial charge >= 0.3 is 12.3 Å². The van der Waals surface area contributed by atoms with Gasteiger partial charge in [-0.1, -0.05) is 0 Å². The highest BCUT2D eigenvalue weighted by molar-refractivity contribution is 5.80. The zero-order valence-electron chi connectivity index (χ0n) is 19.5. The van der Waals surface area contributed by atoms with Gasteiger partial charge in [0.15, 0.2) is 5.82 Å². The van der Waals surface area contributed by atoms with Crippen LogP contribution in [0.4, 0.5) is 18.0 Å². The number of alkyl halides is 3. The van der Waals surface area contributed by atoms with Crippen molar-refractivity contribution in [1.82, 2.24) is 29.5 Å². The van der Waals surface area contributed by atoms with E-state index in [1.54, 1.807) is 27.7 Å². The van der Waals surface area contributed by atoms with Gasteiger partial charge in [0.25, 0.3) is 0 Å². The lowest BCUT2D eigenvalue weighted by molar-refractivity contribution is -0.150. The number of aromatic nitrogens is 3. The molecule has 190 valence electrons. The van der Waals surface area contributed by atoms with Crippen LogP contribution < -0.4 is 0 Å². The van der Waals surface area contributed by atoms with Gasteiger partial charge in [-0.15, -0.1) is 10.2 Å². The summed E-state index contributed by atoms with van der Waals surface area (Å²) >= 11 is 0. The summed E-state index contributed by atoms with van der Waals surface area (Å²) in [5.74, 6) is -1.86. The fourth-order valence-corrected chi connectivity index (χ4v) is 4.34. The number of nitrogens with zero attached hydrogens (tertiary/aromatic N) is 6. The first-order valence-corrected chi connectivity index (χ1v) is 10.9. The molecule has 0 unspecified atom stereocenters. The molecule has 14 heteroatoms. The molecular weight excluding hydrogens is 461 g/mol. The van der Waals surface area contributed by atoms with E-state index >= 15 is 0 Å². The molecule has 34 heavy (non-hydrogen) atoms. The number of carboxylic acid groups (broad SMARTS) is 1. The summed E-state index contributed by atoms with van der Waals surface area (Å²) in [4.78, 5) is 41.6. The van der Waals surface area contributed by atoms with Gasteiger partial charge < -0.3 is 24.2 Å². The van der Waals surface area contributed by atoms with Crippen molar-refractivity contribution in [3.63, 3.8) is 0 Å². The van der Waals surface area contributed by atoms with Crippen molar-refractivity contribution in [2.75, 3.05) is 26.2 Å². The van der Waals surface area contributed by atoms with Gasteiger partial charge in [-0.2, -0.15) is 13.2 Å². The molecule has 1 saturated heterocycles. The largest absolute Gasteiger partial charge is 0.465 e. The minimum atomic E-state index is -4.65. The van der Waals surface area contributed by atoms with Crippen LogP contribution in [0.1, 0.15) is 45.8 Å². The second-order valence-electron chi connectivity index (χ2n) is 9.51. The van der Waals surface area contributed by atoms with Crippen molar-refractivity contribution in [2.45, 2.75) is 71.1 Å².